The Morgan fingerprint density at radius 3 is 2.33 bits per heavy atom. The Labute approximate surface area is 134 Å². The third kappa shape index (κ3) is 6.81. The van der Waals surface area contributed by atoms with Gasteiger partial charge in [0, 0.05) is 11.1 Å². The van der Waals surface area contributed by atoms with E-state index in [1.807, 2.05) is 0 Å². The number of hydrogen-bond acceptors (Lipinski definition) is 3. The second-order valence-electron chi connectivity index (χ2n) is 5.63. The van der Waals surface area contributed by atoms with Gasteiger partial charge in [-0.2, -0.15) is 0 Å². The number of halogens is 1. The average molecular weight is 332 g/mol. The molecule has 3 nitrogen and oxygen atoms in total. The summed E-state index contributed by atoms with van der Waals surface area (Å²) in [5.74, 6) is 0.603. The zero-order valence-corrected chi connectivity index (χ0v) is 14.7. The van der Waals surface area contributed by atoms with Gasteiger partial charge in [0.2, 0.25) is 0 Å². The Kier molecular flexibility index (Phi) is 7.71. The molecule has 1 N–H and O–H groups in total. The number of sulfone groups is 1. The van der Waals surface area contributed by atoms with E-state index in [9.17, 15) is 8.42 Å². The predicted octanol–water partition coefficient (Wildman–Crippen LogP) is 3.67. The highest BCUT2D eigenvalue weighted by molar-refractivity contribution is 7.90. The molecule has 0 amide bonds. The summed E-state index contributed by atoms with van der Waals surface area (Å²) < 4.78 is 24.8. The van der Waals surface area contributed by atoms with Crippen LogP contribution < -0.4 is 5.32 Å². The number of hydrogen-bond donors (Lipinski definition) is 1. The maximum Gasteiger partial charge on any atom is 0.155 e. The van der Waals surface area contributed by atoms with Crippen molar-refractivity contribution in [3.8, 4) is 0 Å². The maximum atomic E-state index is 12.4. The van der Waals surface area contributed by atoms with E-state index in [-0.39, 0.29) is 17.5 Å². The van der Waals surface area contributed by atoms with Crippen LogP contribution in [0.2, 0.25) is 5.02 Å². The molecule has 0 aliphatic rings. The van der Waals surface area contributed by atoms with E-state index in [1.54, 1.807) is 24.3 Å². The molecule has 2 unspecified atom stereocenters. The first-order chi connectivity index (χ1) is 9.88. The summed E-state index contributed by atoms with van der Waals surface area (Å²) in [5, 5.41) is 3.99. The lowest BCUT2D eigenvalue weighted by Crippen LogP contribution is -2.41. The van der Waals surface area contributed by atoms with Crippen molar-refractivity contribution >= 4 is 21.4 Å². The maximum absolute atomic E-state index is 12.4. The molecule has 2 atom stereocenters. The van der Waals surface area contributed by atoms with Gasteiger partial charge in [-0.3, -0.25) is 0 Å². The molecule has 120 valence electrons. The van der Waals surface area contributed by atoms with Gasteiger partial charge < -0.3 is 5.32 Å². The normalized spacial score (nSPS) is 14.9. The van der Waals surface area contributed by atoms with Crippen molar-refractivity contribution in [1.82, 2.24) is 5.32 Å². The third-order valence-corrected chi connectivity index (χ3v) is 5.61. The van der Waals surface area contributed by atoms with Crippen molar-refractivity contribution in [3.63, 3.8) is 0 Å². The highest BCUT2D eigenvalue weighted by atomic mass is 35.5. The zero-order valence-electron chi connectivity index (χ0n) is 13.1. The summed E-state index contributed by atoms with van der Waals surface area (Å²) in [6.45, 7) is 7.14. The fraction of sp³-hybridized carbons (Fsp3) is 0.625. The molecule has 0 saturated heterocycles. The molecule has 1 aromatic rings. The van der Waals surface area contributed by atoms with Crippen molar-refractivity contribution in [2.75, 3.05) is 12.3 Å². The smallest absolute Gasteiger partial charge is 0.155 e. The van der Waals surface area contributed by atoms with Gasteiger partial charge in [0.25, 0.3) is 0 Å². The third-order valence-electron chi connectivity index (χ3n) is 3.72. The fourth-order valence-electron chi connectivity index (χ4n) is 2.21. The summed E-state index contributed by atoms with van der Waals surface area (Å²) in [6.07, 6.45) is 1.97. The SMILES string of the molecule is CCCNC(CS(=O)(=O)Cc1ccc(Cl)cc1)C(C)CC. The molecule has 21 heavy (non-hydrogen) atoms. The number of benzene rings is 1. The number of rotatable bonds is 9. The molecule has 1 rings (SSSR count). The molecular formula is C16H26ClNO2S. The Bertz CT molecular complexity index is 514. The van der Waals surface area contributed by atoms with E-state index in [1.165, 1.54) is 0 Å². The van der Waals surface area contributed by atoms with Crippen LogP contribution in [0.1, 0.15) is 39.2 Å². The molecule has 0 radical (unpaired) electrons. The topological polar surface area (TPSA) is 46.2 Å². The second kappa shape index (κ2) is 8.76. The molecule has 1 aromatic carbocycles. The molecular weight excluding hydrogens is 306 g/mol. The first-order valence-corrected chi connectivity index (χ1v) is 9.76. The Balaban J connectivity index is 2.73. The van der Waals surface area contributed by atoms with Crippen LogP contribution in [0.25, 0.3) is 0 Å². The van der Waals surface area contributed by atoms with Gasteiger partial charge in [0.1, 0.15) is 0 Å². The van der Waals surface area contributed by atoms with Crippen LogP contribution in [0.15, 0.2) is 24.3 Å². The van der Waals surface area contributed by atoms with Crippen LogP contribution in [0.3, 0.4) is 0 Å². The van der Waals surface area contributed by atoms with Crippen LogP contribution >= 0.6 is 11.6 Å². The summed E-state index contributed by atoms with van der Waals surface area (Å²) in [4.78, 5) is 0. The monoisotopic (exact) mass is 331 g/mol. The molecule has 0 heterocycles. The lowest BCUT2D eigenvalue weighted by Gasteiger charge is -2.24. The van der Waals surface area contributed by atoms with Gasteiger partial charge >= 0.3 is 0 Å². The summed E-state index contributed by atoms with van der Waals surface area (Å²) in [6, 6.07) is 7.03. The van der Waals surface area contributed by atoms with E-state index >= 15 is 0 Å². The van der Waals surface area contributed by atoms with Crippen molar-refractivity contribution < 1.29 is 8.42 Å². The van der Waals surface area contributed by atoms with Gasteiger partial charge in [-0.25, -0.2) is 8.42 Å². The molecule has 5 heteroatoms. The molecule has 0 aliphatic heterocycles. The lowest BCUT2D eigenvalue weighted by molar-refractivity contribution is 0.391. The van der Waals surface area contributed by atoms with E-state index in [4.69, 9.17) is 11.6 Å². The minimum atomic E-state index is -3.14. The van der Waals surface area contributed by atoms with Crippen LogP contribution in [-0.4, -0.2) is 26.8 Å². The highest BCUT2D eigenvalue weighted by Crippen LogP contribution is 2.16. The van der Waals surface area contributed by atoms with Crippen LogP contribution in [0.5, 0.6) is 0 Å². The molecule has 0 saturated carbocycles. The molecule has 0 aromatic heterocycles. The van der Waals surface area contributed by atoms with E-state index < -0.39 is 9.84 Å². The Morgan fingerprint density at radius 1 is 1.19 bits per heavy atom. The summed E-state index contributed by atoms with van der Waals surface area (Å²) >= 11 is 5.83. The summed E-state index contributed by atoms with van der Waals surface area (Å²) in [5.41, 5.74) is 0.790. The molecule has 0 bridgehead atoms. The standard InChI is InChI=1S/C16H26ClNO2S/c1-4-10-18-16(13(3)5-2)12-21(19,20)11-14-6-8-15(17)9-7-14/h6-9,13,16,18H,4-5,10-12H2,1-3H3. The van der Waals surface area contributed by atoms with E-state index in [0.717, 1.165) is 24.9 Å². The van der Waals surface area contributed by atoms with Gasteiger partial charge in [0.05, 0.1) is 11.5 Å². The van der Waals surface area contributed by atoms with Crippen LogP contribution in [0, 0.1) is 5.92 Å². The van der Waals surface area contributed by atoms with Crippen molar-refractivity contribution in [3.05, 3.63) is 34.9 Å². The second-order valence-corrected chi connectivity index (χ2v) is 8.17. The van der Waals surface area contributed by atoms with Crippen molar-refractivity contribution in [1.29, 1.82) is 0 Å². The predicted molar refractivity (Wildman–Crippen MR) is 90.5 cm³/mol. The first-order valence-electron chi connectivity index (χ1n) is 7.56. The highest BCUT2D eigenvalue weighted by Gasteiger charge is 2.23. The van der Waals surface area contributed by atoms with Gasteiger partial charge in [-0.15, -0.1) is 0 Å². The molecule has 0 spiro atoms. The minimum Gasteiger partial charge on any atom is -0.313 e. The van der Waals surface area contributed by atoms with E-state index in [0.29, 0.717) is 10.9 Å². The first kappa shape index (κ1) is 18.5. The van der Waals surface area contributed by atoms with Gasteiger partial charge in [0.15, 0.2) is 9.84 Å². The van der Waals surface area contributed by atoms with E-state index in [2.05, 4.69) is 26.1 Å². The van der Waals surface area contributed by atoms with Gasteiger partial charge in [-0.1, -0.05) is 50.9 Å². The Hall–Kier alpha value is -0.580. The average Bonchev–Trinajstić information content (AvgIpc) is 2.44. The van der Waals surface area contributed by atoms with Crippen molar-refractivity contribution in [2.24, 2.45) is 5.92 Å². The lowest BCUT2D eigenvalue weighted by atomic mass is 10.0. The fourth-order valence-corrected chi connectivity index (χ4v) is 4.14. The Morgan fingerprint density at radius 2 is 1.81 bits per heavy atom. The van der Waals surface area contributed by atoms with Crippen LogP contribution in [0.4, 0.5) is 0 Å². The summed E-state index contributed by atoms with van der Waals surface area (Å²) in [7, 11) is -3.14. The minimum absolute atomic E-state index is 0.0206. The number of nitrogens with one attached hydrogen (secondary N) is 1. The van der Waals surface area contributed by atoms with Gasteiger partial charge in [-0.05, 0) is 36.6 Å². The largest absolute Gasteiger partial charge is 0.313 e. The van der Waals surface area contributed by atoms with Crippen LogP contribution in [-0.2, 0) is 15.6 Å². The molecule has 0 aliphatic carbocycles. The quantitative estimate of drug-likeness (QED) is 0.751. The van der Waals surface area contributed by atoms with Crippen molar-refractivity contribution in [2.45, 2.75) is 45.4 Å². The molecule has 0 fully saturated rings. The zero-order chi connectivity index (χ0) is 15.9.